The van der Waals surface area contributed by atoms with E-state index in [4.69, 9.17) is 0 Å². The van der Waals surface area contributed by atoms with E-state index in [2.05, 4.69) is 19.7 Å². The molecule has 2 aromatic heterocycles. The molecule has 2 aliphatic rings. The molecule has 0 atom stereocenters. The Kier molecular flexibility index (Phi) is 6.66. The Hall–Kier alpha value is -2.76. The van der Waals surface area contributed by atoms with Gasteiger partial charge in [0.2, 0.25) is 15.9 Å². The van der Waals surface area contributed by atoms with Crippen LogP contribution in [0.25, 0.3) is 11.4 Å². The van der Waals surface area contributed by atoms with Gasteiger partial charge in [-0.25, -0.2) is 8.42 Å². The summed E-state index contributed by atoms with van der Waals surface area (Å²) in [5.74, 6) is 1.02. The van der Waals surface area contributed by atoms with E-state index >= 15 is 0 Å². The predicted octanol–water partition coefficient (Wildman–Crippen LogP) is 2.44. The number of thioether (sulfide) groups is 1. The fourth-order valence-corrected chi connectivity index (χ4v) is 6.47. The summed E-state index contributed by atoms with van der Waals surface area (Å²) in [6.45, 7) is 1.42. The van der Waals surface area contributed by atoms with Gasteiger partial charge in [0, 0.05) is 50.2 Å². The molecule has 9 nitrogen and oxygen atoms in total. The topological polar surface area (TPSA) is 101 Å². The molecule has 0 unspecified atom stereocenters. The molecule has 1 saturated heterocycles. The lowest BCUT2D eigenvalue weighted by atomic mass is 10.2. The maximum absolute atomic E-state index is 12.9. The lowest BCUT2D eigenvalue weighted by Crippen LogP contribution is -2.51. The Morgan fingerprint density at radius 3 is 2.35 bits per heavy atom. The molecule has 1 aromatic carbocycles. The molecule has 1 aliphatic heterocycles. The van der Waals surface area contributed by atoms with Crippen molar-refractivity contribution >= 4 is 27.7 Å². The van der Waals surface area contributed by atoms with Crippen LogP contribution in [-0.2, 0) is 20.6 Å². The summed E-state index contributed by atoms with van der Waals surface area (Å²) >= 11 is 1.39. The monoisotopic (exact) mass is 498 g/mol. The van der Waals surface area contributed by atoms with Crippen molar-refractivity contribution in [2.75, 3.05) is 31.9 Å². The molecule has 34 heavy (non-hydrogen) atoms. The van der Waals surface area contributed by atoms with Gasteiger partial charge in [0.05, 0.1) is 11.5 Å². The molecule has 3 heterocycles. The van der Waals surface area contributed by atoms with Gasteiger partial charge in [0.1, 0.15) is 0 Å². The van der Waals surface area contributed by atoms with Gasteiger partial charge in [-0.2, -0.15) is 4.31 Å². The Balaban J connectivity index is 1.17. The number of nitrogens with zero attached hydrogens (tertiary/aromatic N) is 6. The van der Waals surface area contributed by atoms with Crippen LogP contribution in [0.5, 0.6) is 0 Å². The highest BCUT2D eigenvalue weighted by Gasteiger charge is 2.32. The van der Waals surface area contributed by atoms with Gasteiger partial charge in [-0.3, -0.25) is 14.3 Å². The van der Waals surface area contributed by atoms with Gasteiger partial charge < -0.3 is 4.90 Å². The molecule has 5 rings (SSSR count). The molecular formula is C23H26N6O3S2. The minimum absolute atomic E-state index is 0.0130. The van der Waals surface area contributed by atoms with E-state index in [-0.39, 0.29) is 17.4 Å². The fourth-order valence-electron chi connectivity index (χ4n) is 4.04. The molecule has 11 heteroatoms. The minimum atomic E-state index is -3.41. The van der Waals surface area contributed by atoms with Gasteiger partial charge in [0.15, 0.2) is 11.0 Å². The van der Waals surface area contributed by atoms with E-state index in [1.807, 2.05) is 42.5 Å². The molecule has 3 aromatic rings. The van der Waals surface area contributed by atoms with E-state index in [1.165, 1.54) is 16.1 Å². The summed E-state index contributed by atoms with van der Waals surface area (Å²) in [6, 6.07) is 13.4. The van der Waals surface area contributed by atoms with E-state index in [0.717, 1.165) is 34.9 Å². The zero-order valence-electron chi connectivity index (χ0n) is 18.7. The van der Waals surface area contributed by atoms with Crippen molar-refractivity contribution in [2.24, 2.45) is 0 Å². The second-order valence-corrected chi connectivity index (χ2v) is 11.4. The van der Waals surface area contributed by atoms with Crippen molar-refractivity contribution < 1.29 is 13.2 Å². The highest BCUT2D eigenvalue weighted by molar-refractivity contribution is 7.99. The van der Waals surface area contributed by atoms with Crippen LogP contribution >= 0.6 is 11.8 Å². The average Bonchev–Trinajstić information content (AvgIpc) is 3.62. The van der Waals surface area contributed by atoms with Crippen molar-refractivity contribution in [1.82, 2.24) is 29.0 Å². The van der Waals surface area contributed by atoms with Gasteiger partial charge in [-0.15, -0.1) is 10.2 Å². The van der Waals surface area contributed by atoms with Gasteiger partial charge in [0.25, 0.3) is 0 Å². The smallest absolute Gasteiger partial charge is 0.233 e. The lowest BCUT2D eigenvalue weighted by Gasteiger charge is -2.34. The maximum atomic E-state index is 12.9. The average molecular weight is 499 g/mol. The van der Waals surface area contributed by atoms with Gasteiger partial charge in [-0.05, 0) is 30.5 Å². The second kappa shape index (κ2) is 9.85. The molecule has 1 amide bonds. The van der Waals surface area contributed by atoms with Crippen molar-refractivity contribution in [3.8, 4) is 11.4 Å². The summed E-state index contributed by atoms with van der Waals surface area (Å²) in [5.41, 5.74) is 1.73. The number of benzene rings is 1. The van der Waals surface area contributed by atoms with Crippen LogP contribution in [-0.4, -0.2) is 75.2 Å². The molecule has 0 bridgehead atoms. The first kappa shape index (κ1) is 23.0. The van der Waals surface area contributed by atoms with E-state index in [0.29, 0.717) is 32.2 Å². The van der Waals surface area contributed by atoms with Crippen molar-refractivity contribution in [3.05, 3.63) is 60.4 Å². The number of pyridine rings is 1. The standard InChI is InChI=1S/C23H26N6O3S2/c30-21(27-12-14-28(15-13-27)34(31,32)17-18-4-2-1-3-5-18)16-33-23-26-25-22(29(23)20-6-7-20)19-8-10-24-11-9-19/h1-5,8-11,20H,6-7,12-17H2. The first-order chi connectivity index (χ1) is 16.5. The molecule has 0 spiro atoms. The maximum Gasteiger partial charge on any atom is 0.233 e. The van der Waals surface area contributed by atoms with Crippen LogP contribution in [0.1, 0.15) is 24.4 Å². The third-order valence-corrected chi connectivity index (χ3v) is 8.79. The van der Waals surface area contributed by atoms with Crippen LogP contribution < -0.4 is 0 Å². The van der Waals surface area contributed by atoms with Gasteiger partial charge >= 0.3 is 0 Å². The van der Waals surface area contributed by atoms with Crippen molar-refractivity contribution in [3.63, 3.8) is 0 Å². The largest absolute Gasteiger partial charge is 0.339 e. The molecule has 178 valence electrons. The van der Waals surface area contributed by atoms with Crippen LogP contribution in [0.4, 0.5) is 0 Å². The first-order valence-corrected chi connectivity index (χ1v) is 13.9. The fraction of sp³-hybridized carbons (Fsp3) is 0.391. The third-order valence-electron chi connectivity index (χ3n) is 6.02. The Morgan fingerprint density at radius 2 is 1.68 bits per heavy atom. The number of rotatable bonds is 8. The van der Waals surface area contributed by atoms with Crippen LogP contribution in [0.15, 0.2) is 60.0 Å². The molecule has 1 aliphatic carbocycles. The molecular weight excluding hydrogens is 472 g/mol. The Labute approximate surface area is 203 Å². The molecule has 0 N–H and O–H groups in total. The number of aromatic nitrogens is 4. The van der Waals surface area contributed by atoms with Crippen LogP contribution in [0, 0.1) is 0 Å². The zero-order chi connectivity index (χ0) is 23.5. The predicted molar refractivity (Wildman–Crippen MR) is 129 cm³/mol. The quantitative estimate of drug-likeness (QED) is 0.440. The highest BCUT2D eigenvalue weighted by Crippen LogP contribution is 2.41. The summed E-state index contributed by atoms with van der Waals surface area (Å²) in [5, 5.41) is 9.47. The number of carbonyl (C=O) groups is 1. The normalized spacial score (nSPS) is 17.1. The number of amides is 1. The summed E-state index contributed by atoms with van der Waals surface area (Å²) in [4.78, 5) is 18.7. The van der Waals surface area contributed by atoms with Crippen molar-refractivity contribution in [1.29, 1.82) is 0 Å². The number of carbonyl (C=O) groups excluding carboxylic acids is 1. The van der Waals surface area contributed by atoms with Crippen molar-refractivity contribution in [2.45, 2.75) is 29.8 Å². The summed E-state index contributed by atoms with van der Waals surface area (Å²) in [6.07, 6.45) is 5.63. The summed E-state index contributed by atoms with van der Waals surface area (Å²) in [7, 11) is -3.41. The van der Waals surface area contributed by atoms with Crippen LogP contribution in [0.2, 0.25) is 0 Å². The molecule has 2 fully saturated rings. The van der Waals surface area contributed by atoms with Gasteiger partial charge in [-0.1, -0.05) is 42.1 Å². The number of hydrogen-bond donors (Lipinski definition) is 0. The number of sulfonamides is 1. The Bertz CT molecular complexity index is 1240. The third kappa shape index (κ3) is 5.16. The Morgan fingerprint density at radius 1 is 0.971 bits per heavy atom. The lowest BCUT2D eigenvalue weighted by molar-refractivity contribution is -0.129. The number of hydrogen-bond acceptors (Lipinski definition) is 7. The second-order valence-electron chi connectivity index (χ2n) is 8.45. The molecule has 0 radical (unpaired) electrons. The minimum Gasteiger partial charge on any atom is -0.339 e. The van der Waals surface area contributed by atoms with E-state index in [1.54, 1.807) is 17.3 Å². The SMILES string of the molecule is O=C(CSc1nnc(-c2ccncc2)n1C1CC1)N1CCN(S(=O)(=O)Cc2ccccc2)CC1. The highest BCUT2D eigenvalue weighted by atomic mass is 32.2. The summed E-state index contributed by atoms with van der Waals surface area (Å²) < 4.78 is 29.1. The first-order valence-electron chi connectivity index (χ1n) is 11.3. The zero-order valence-corrected chi connectivity index (χ0v) is 20.3. The van der Waals surface area contributed by atoms with E-state index in [9.17, 15) is 13.2 Å². The van der Waals surface area contributed by atoms with E-state index < -0.39 is 10.0 Å². The van der Waals surface area contributed by atoms with Crippen LogP contribution in [0.3, 0.4) is 0 Å². The molecule has 1 saturated carbocycles. The number of piperazine rings is 1.